The predicted octanol–water partition coefficient (Wildman–Crippen LogP) is 1.52. The van der Waals surface area contributed by atoms with E-state index in [1.165, 1.54) is 0 Å². The molecule has 0 aromatic heterocycles. The summed E-state index contributed by atoms with van der Waals surface area (Å²) in [6, 6.07) is 5.54. The molecule has 0 spiro atoms. The van der Waals surface area contributed by atoms with Gasteiger partial charge in [0.15, 0.2) is 0 Å². The van der Waals surface area contributed by atoms with E-state index in [2.05, 4.69) is 10.6 Å². The molecule has 1 aliphatic rings. The number of hydrogen-bond donors (Lipinski definition) is 3. The Morgan fingerprint density at radius 1 is 1.19 bits per heavy atom. The van der Waals surface area contributed by atoms with E-state index in [-0.39, 0.29) is 12.6 Å². The smallest absolute Gasteiger partial charge is 0.313 e. The molecule has 0 radical (unpaired) electrons. The van der Waals surface area contributed by atoms with Crippen LogP contribution in [-0.2, 0) is 9.59 Å². The molecule has 0 bridgehead atoms. The van der Waals surface area contributed by atoms with Gasteiger partial charge in [0.25, 0.3) is 0 Å². The van der Waals surface area contributed by atoms with Crippen LogP contribution in [-0.4, -0.2) is 29.6 Å². The first kappa shape index (κ1) is 15.5. The molecule has 5 nitrogen and oxygen atoms in total. The van der Waals surface area contributed by atoms with Gasteiger partial charge in [-0.25, -0.2) is 0 Å². The van der Waals surface area contributed by atoms with Gasteiger partial charge < -0.3 is 15.7 Å². The van der Waals surface area contributed by atoms with Crippen molar-refractivity contribution in [3.63, 3.8) is 0 Å². The van der Waals surface area contributed by atoms with Gasteiger partial charge in [-0.3, -0.25) is 9.59 Å². The summed E-state index contributed by atoms with van der Waals surface area (Å²) in [5, 5.41) is 14.3. The maximum absolute atomic E-state index is 11.9. The van der Waals surface area contributed by atoms with Crippen LogP contribution in [0, 0.1) is 19.8 Å². The number of rotatable bonds is 5. The molecule has 3 N–H and O–H groups in total. The summed E-state index contributed by atoms with van der Waals surface area (Å²) in [6.45, 7) is 3.89. The van der Waals surface area contributed by atoms with Crippen molar-refractivity contribution in [2.24, 2.45) is 5.92 Å². The number of amides is 2. The van der Waals surface area contributed by atoms with Crippen molar-refractivity contribution in [2.45, 2.75) is 39.2 Å². The minimum Gasteiger partial charge on any atom is -0.396 e. The predicted molar refractivity (Wildman–Crippen MR) is 80.9 cm³/mol. The molecular formula is C16H22N2O3. The Labute approximate surface area is 124 Å². The number of carbonyl (C=O) groups is 2. The fraction of sp³-hybridized carbons (Fsp3) is 0.500. The van der Waals surface area contributed by atoms with Crippen LogP contribution in [0.1, 0.15) is 30.4 Å². The van der Waals surface area contributed by atoms with Gasteiger partial charge >= 0.3 is 11.8 Å². The SMILES string of the molecule is Cc1cc(C)cc(NC(=O)C(=O)NC(CCO)C2CC2)c1. The molecule has 1 atom stereocenters. The van der Waals surface area contributed by atoms with Gasteiger partial charge in [-0.1, -0.05) is 6.07 Å². The molecule has 2 amide bonds. The Kier molecular flexibility index (Phi) is 4.96. The lowest BCUT2D eigenvalue weighted by Crippen LogP contribution is -2.43. The number of benzene rings is 1. The molecule has 21 heavy (non-hydrogen) atoms. The van der Waals surface area contributed by atoms with Crippen LogP contribution < -0.4 is 10.6 Å². The van der Waals surface area contributed by atoms with Gasteiger partial charge in [0, 0.05) is 18.3 Å². The Bertz CT molecular complexity index is 518. The molecule has 1 aromatic rings. The van der Waals surface area contributed by atoms with E-state index in [0.717, 1.165) is 24.0 Å². The molecule has 1 fully saturated rings. The molecule has 5 heteroatoms. The van der Waals surface area contributed by atoms with Crippen molar-refractivity contribution in [2.75, 3.05) is 11.9 Å². The fourth-order valence-corrected chi connectivity index (χ4v) is 2.53. The van der Waals surface area contributed by atoms with Gasteiger partial charge in [0.2, 0.25) is 0 Å². The number of aryl methyl sites for hydroxylation is 2. The second kappa shape index (κ2) is 6.72. The first-order valence-corrected chi connectivity index (χ1v) is 7.30. The van der Waals surface area contributed by atoms with Crippen LogP contribution >= 0.6 is 0 Å². The third-order valence-corrected chi connectivity index (χ3v) is 3.63. The molecule has 1 saturated carbocycles. The molecule has 2 rings (SSSR count). The van der Waals surface area contributed by atoms with Crippen molar-refractivity contribution in [1.82, 2.24) is 5.32 Å². The number of carbonyl (C=O) groups excluding carboxylic acids is 2. The van der Waals surface area contributed by atoms with Crippen molar-refractivity contribution >= 4 is 17.5 Å². The van der Waals surface area contributed by atoms with Gasteiger partial charge in [-0.2, -0.15) is 0 Å². The second-order valence-electron chi connectivity index (χ2n) is 5.76. The van der Waals surface area contributed by atoms with E-state index >= 15 is 0 Å². The van der Waals surface area contributed by atoms with Crippen molar-refractivity contribution in [3.8, 4) is 0 Å². The number of aliphatic hydroxyl groups excluding tert-OH is 1. The number of aliphatic hydroxyl groups is 1. The molecule has 1 aliphatic carbocycles. The van der Waals surface area contributed by atoms with E-state index in [1.54, 1.807) is 0 Å². The zero-order valence-electron chi connectivity index (χ0n) is 12.5. The lowest BCUT2D eigenvalue weighted by molar-refractivity contribution is -0.136. The number of nitrogens with one attached hydrogen (secondary N) is 2. The fourth-order valence-electron chi connectivity index (χ4n) is 2.53. The highest BCUT2D eigenvalue weighted by Gasteiger charge is 2.32. The Morgan fingerprint density at radius 3 is 2.33 bits per heavy atom. The summed E-state index contributed by atoms with van der Waals surface area (Å²) in [4.78, 5) is 23.9. The van der Waals surface area contributed by atoms with E-state index in [4.69, 9.17) is 5.11 Å². The summed E-state index contributed by atoms with van der Waals surface area (Å²) in [7, 11) is 0. The summed E-state index contributed by atoms with van der Waals surface area (Å²) >= 11 is 0. The molecular weight excluding hydrogens is 268 g/mol. The first-order chi connectivity index (χ1) is 9.99. The van der Waals surface area contributed by atoms with Crippen LogP contribution in [0.4, 0.5) is 5.69 Å². The van der Waals surface area contributed by atoms with Crippen LogP contribution in [0.15, 0.2) is 18.2 Å². The zero-order valence-corrected chi connectivity index (χ0v) is 12.5. The number of anilines is 1. The van der Waals surface area contributed by atoms with Gasteiger partial charge in [-0.15, -0.1) is 0 Å². The van der Waals surface area contributed by atoms with E-state index in [1.807, 2.05) is 32.0 Å². The largest absolute Gasteiger partial charge is 0.396 e. The van der Waals surface area contributed by atoms with Gasteiger partial charge in [-0.05, 0) is 62.3 Å². The van der Waals surface area contributed by atoms with Crippen molar-refractivity contribution in [1.29, 1.82) is 0 Å². The Hall–Kier alpha value is -1.88. The standard InChI is InChI=1S/C16H22N2O3/c1-10-7-11(2)9-13(8-10)17-15(20)16(21)18-14(5-6-19)12-3-4-12/h7-9,12,14,19H,3-6H2,1-2H3,(H,17,20)(H,18,21). The lowest BCUT2D eigenvalue weighted by Gasteiger charge is -2.16. The summed E-state index contributed by atoms with van der Waals surface area (Å²) in [6.07, 6.45) is 2.58. The van der Waals surface area contributed by atoms with Gasteiger partial charge in [0.05, 0.1) is 0 Å². The van der Waals surface area contributed by atoms with E-state index in [9.17, 15) is 9.59 Å². The minimum atomic E-state index is -0.663. The highest BCUT2D eigenvalue weighted by molar-refractivity contribution is 6.39. The van der Waals surface area contributed by atoms with Crippen LogP contribution in [0.3, 0.4) is 0 Å². The average molecular weight is 290 g/mol. The summed E-state index contributed by atoms with van der Waals surface area (Å²) < 4.78 is 0. The molecule has 1 unspecified atom stereocenters. The molecule has 0 aliphatic heterocycles. The van der Waals surface area contributed by atoms with E-state index < -0.39 is 11.8 Å². The topological polar surface area (TPSA) is 78.4 Å². The van der Waals surface area contributed by atoms with Crippen LogP contribution in [0.25, 0.3) is 0 Å². The zero-order chi connectivity index (χ0) is 15.4. The minimum absolute atomic E-state index is 0.0140. The van der Waals surface area contributed by atoms with Crippen molar-refractivity contribution < 1.29 is 14.7 Å². The Morgan fingerprint density at radius 2 is 1.81 bits per heavy atom. The highest BCUT2D eigenvalue weighted by atomic mass is 16.3. The summed E-state index contributed by atoms with van der Waals surface area (Å²) in [5.74, 6) is -0.904. The van der Waals surface area contributed by atoms with Crippen LogP contribution in [0.2, 0.25) is 0 Å². The summed E-state index contributed by atoms with van der Waals surface area (Å²) in [5.41, 5.74) is 2.68. The third kappa shape index (κ3) is 4.56. The monoisotopic (exact) mass is 290 g/mol. The highest BCUT2D eigenvalue weighted by Crippen LogP contribution is 2.33. The maximum Gasteiger partial charge on any atom is 0.313 e. The third-order valence-electron chi connectivity index (χ3n) is 3.63. The molecule has 0 heterocycles. The van der Waals surface area contributed by atoms with E-state index in [0.29, 0.717) is 18.0 Å². The van der Waals surface area contributed by atoms with Gasteiger partial charge in [0.1, 0.15) is 0 Å². The molecule has 114 valence electrons. The lowest BCUT2D eigenvalue weighted by atomic mass is 10.1. The average Bonchev–Trinajstić information content (AvgIpc) is 3.20. The Balaban J connectivity index is 1.93. The quantitative estimate of drug-likeness (QED) is 0.719. The first-order valence-electron chi connectivity index (χ1n) is 7.30. The molecule has 1 aromatic carbocycles. The normalized spacial score (nSPS) is 15.4. The number of hydrogen-bond acceptors (Lipinski definition) is 3. The van der Waals surface area contributed by atoms with Crippen molar-refractivity contribution in [3.05, 3.63) is 29.3 Å². The molecule has 0 saturated heterocycles. The maximum atomic E-state index is 11.9. The second-order valence-corrected chi connectivity index (χ2v) is 5.76. The van der Waals surface area contributed by atoms with Crippen LogP contribution in [0.5, 0.6) is 0 Å².